The van der Waals surface area contributed by atoms with E-state index in [0.717, 1.165) is 26.2 Å². The summed E-state index contributed by atoms with van der Waals surface area (Å²) < 4.78 is 24.5. The average molecular weight is 540 g/mol. The van der Waals surface area contributed by atoms with Crippen LogP contribution in [-0.4, -0.2) is 77.6 Å². The Labute approximate surface area is 230 Å². The third kappa shape index (κ3) is 8.10. The molecule has 2 aromatic carbocycles. The van der Waals surface area contributed by atoms with Crippen molar-refractivity contribution in [1.82, 2.24) is 15.2 Å². The van der Waals surface area contributed by atoms with Crippen LogP contribution < -0.4 is 10.6 Å². The zero-order chi connectivity index (χ0) is 26.4. The first-order valence-corrected chi connectivity index (χ1v) is 14.4. The van der Waals surface area contributed by atoms with Gasteiger partial charge in [0.05, 0.1) is 52.9 Å². The smallest absolute Gasteiger partial charge is 0.0701 e. The van der Waals surface area contributed by atoms with Crippen LogP contribution >= 0.6 is 11.3 Å². The fraction of sp³-hybridized carbons (Fsp3) is 0.467. The van der Waals surface area contributed by atoms with Gasteiger partial charge >= 0.3 is 0 Å². The predicted molar refractivity (Wildman–Crippen MR) is 157 cm³/mol. The number of benzene rings is 2. The highest BCUT2D eigenvalue weighted by Crippen LogP contribution is 2.34. The van der Waals surface area contributed by atoms with E-state index in [0.29, 0.717) is 52.9 Å². The van der Waals surface area contributed by atoms with Gasteiger partial charge in [0.25, 0.3) is 0 Å². The van der Waals surface area contributed by atoms with E-state index in [2.05, 4.69) is 76.0 Å². The summed E-state index contributed by atoms with van der Waals surface area (Å²) in [5.74, 6) is 0. The molecule has 38 heavy (non-hydrogen) atoms. The van der Waals surface area contributed by atoms with E-state index in [-0.39, 0.29) is 0 Å². The van der Waals surface area contributed by atoms with Crippen molar-refractivity contribution in [2.24, 2.45) is 0 Å². The van der Waals surface area contributed by atoms with Gasteiger partial charge in [-0.25, -0.2) is 0 Å². The number of fused-ring (bicyclic) bond motifs is 3. The van der Waals surface area contributed by atoms with E-state index in [9.17, 15) is 0 Å². The minimum absolute atomic E-state index is 0.574. The van der Waals surface area contributed by atoms with Crippen LogP contribution in [0.1, 0.15) is 12.5 Å². The number of likely N-dealkylation sites (N-methyl/N-ethyl adjacent to an activating group) is 1. The van der Waals surface area contributed by atoms with E-state index in [1.807, 2.05) is 7.05 Å². The van der Waals surface area contributed by atoms with Gasteiger partial charge in [0.15, 0.2) is 0 Å². The number of hydrogen-bond donors (Lipinski definition) is 2. The number of ether oxygens (including phenoxy) is 4. The zero-order valence-electron chi connectivity index (χ0n) is 22.7. The summed E-state index contributed by atoms with van der Waals surface area (Å²) in [4.78, 5) is 1.31. The van der Waals surface area contributed by atoms with Gasteiger partial charge < -0.3 is 34.1 Å². The maximum Gasteiger partial charge on any atom is 0.0701 e. The molecule has 2 heterocycles. The first kappa shape index (κ1) is 28.7. The summed E-state index contributed by atoms with van der Waals surface area (Å²) in [7, 11) is 1.91. The highest BCUT2D eigenvalue weighted by Gasteiger charge is 2.12. The van der Waals surface area contributed by atoms with Crippen LogP contribution in [0.2, 0.25) is 0 Å². The van der Waals surface area contributed by atoms with Gasteiger partial charge in [-0.2, -0.15) is 0 Å². The molecule has 0 saturated heterocycles. The van der Waals surface area contributed by atoms with Crippen molar-refractivity contribution >= 4 is 33.1 Å². The van der Waals surface area contributed by atoms with Crippen molar-refractivity contribution < 1.29 is 18.9 Å². The molecule has 0 fully saturated rings. The third-order valence-electron chi connectivity index (χ3n) is 6.42. The van der Waals surface area contributed by atoms with E-state index < -0.39 is 0 Å². The number of aryl methyl sites for hydroxylation is 1. The van der Waals surface area contributed by atoms with Gasteiger partial charge in [-0.1, -0.05) is 24.3 Å². The van der Waals surface area contributed by atoms with Gasteiger partial charge in [-0.3, -0.25) is 0 Å². The monoisotopic (exact) mass is 539 g/mol. The van der Waals surface area contributed by atoms with Crippen LogP contribution in [0.4, 0.5) is 0 Å². The Morgan fingerprint density at radius 1 is 0.737 bits per heavy atom. The minimum atomic E-state index is 0.574. The van der Waals surface area contributed by atoms with Crippen molar-refractivity contribution in [1.29, 1.82) is 0 Å². The Morgan fingerprint density at radius 3 is 2.11 bits per heavy atom. The van der Waals surface area contributed by atoms with Crippen molar-refractivity contribution in [3.63, 3.8) is 0 Å². The fourth-order valence-corrected chi connectivity index (χ4v) is 5.23. The maximum absolute atomic E-state index is 5.69. The molecule has 4 rings (SSSR count). The zero-order valence-corrected chi connectivity index (χ0v) is 23.5. The Balaban J connectivity index is 1.14. The fourth-order valence-electron chi connectivity index (χ4n) is 4.51. The standard InChI is InChI=1S/C30H41N3O4S/c1-3-33-28-9-6-24(21-27(28)26-8-7-25(22-29(26)33)30-5-4-20-38-30)23-32-11-13-35-15-17-37-19-18-36-16-14-34-12-10-31-2/h4-9,20-22,31-32H,3,10-19,23H2,1-2H3. The molecule has 4 aromatic rings. The van der Waals surface area contributed by atoms with Crippen molar-refractivity contribution in [2.75, 3.05) is 73.0 Å². The second-order valence-corrected chi connectivity index (χ2v) is 9.98. The van der Waals surface area contributed by atoms with E-state index >= 15 is 0 Å². The van der Waals surface area contributed by atoms with Crippen LogP contribution in [-0.2, 0) is 32.0 Å². The van der Waals surface area contributed by atoms with Gasteiger partial charge in [-0.15, -0.1) is 11.3 Å². The molecule has 0 bridgehead atoms. The van der Waals surface area contributed by atoms with Gasteiger partial charge in [-0.05, 0) is 54.7 Å². The molecule has 0 atom stereocenters. The first-order chi connectivity index (χ1) is 18.8. The average Bonchev–Trinajstić information content (AvgIpc) is 3.59. The number of aromatic nitrogens is 1. The lowest BCUT2D eigenvalue weighted by molar-refractivity contribution is -0.00101. The third-order valence-corrected chi connectivity index (χ3v) is 7.34. The Kier molecular flexibility index (Phi) is 12.1. The lowest BCUT2D eigenvalue weighted by Gasteiger charge is -2.08. The molecule has 0 saturated carbocycles. The maximum atomic E-state index is 5.69. The molecule has 7 nitrogen and oxygen atoms in total. The highest BCUT2D eigenvalue weighted by atomic mass is 32.1. The molecule has 0 unspecified atom stereocenters. The molecule has 2 N–H and O–H groups in total. The SMILES string of the molecule is CCn1c2ccc(CNCCOCCOCCOCCOCCNC)cc2c2ccc(-c3cccs3)cc21. The Bertz CT molecular complexity index is 1230. The van der Waals surface area contributed by atoms with Crippen molar-refractivity contribution in [3.8, 4) is 10.4 Å². The second kappa shape index (κ2) is 16.0. The molecule has 0 aliphatic rings. The van der Waals surface area contributed by atoms with Gasteiger partial charge in [0.1, 0.15) is 0 Å². The quantitative estimate of drug-likeness (QED) is 0.165. The first-order valence-electron chi connectivity index (χ1n) is 13.6. The largest absolute Gasteiger partial charge is 0.378 e. The van der Waals surface area contributed by atoms with Crippen molar-refractivity contribution in [2.45, 2.75) is 20.0 Å². The van der Waals surface area contributed by atoms with Crippen LogP contribution in [0.3, 0.4) is 0 Å². The molecule has 0 aliphatic heterocycles. The molecule has 8 heteroatoms. The number of thiophene rings is 1. The molecule has 0 spiro atoms. The summed E-state index contributed by atoms with van der Waals surface area (Å²) in [5.41, 5.74) is 5.16. The van der Waals surface area contributed by atoms with E-state index in [4.69, 9.17) is 18.9 Å². The lowest BCUT2D eigenvalue weighted by atomic mass is 10.1. The highest BCUT2D eigenvalue weighted by molar-refractivity contribution is 7.13. The summed E-state index contributed by atoms with van der Waals surface area (Å²) >= 11 is 1.79. The Hall–Kier alpha value is -2.30. The van der Waals surface area contributed by atoms with Crippen LogP contribution in [0, 0.1) is 0 Å². The van der Waals surface area contributed by atoms with E-state index in [1.54, 1.807) is 11.3 Å². The molecule has 0 radical (unpaired) electrons. The lowest BCUT2D eigenvalue weighted by Crippen LogP contribution is -2.20. The summed E-state index contributed by atoms with van der Waals surface area (Å²) in [6.45, 7) is 10.5. The van der Waals surface area contributed by atoms with E-state index in [1.165, 1.54) is 37.8 Å². The molecule has 206 valence electrons. The molecule has 0 amide bonds. The van der Waals surface area contributed by atoms with Crippen molar-refractivity contribution in [3.05, 3.63) is 59.5 Å². The number of nitrogens with zero attached hydrogens (tertiary/aromatic N) is 1. The predicted octanol–water partition coefficient (Wildman–Crippen LogP) is 4.92. The van der Waals surface area contributed by atoms with Gasteiger partial charge in [0.2, 0.25) is 0 Å². The summed E-state index contributed by atoms with van der Waals surface area (Å²) in [5, 5.41) is 11.3. The van der Waals surface area contributed by atoms with Crippen LogP contribution in [0.15, 0.2) is 53.9 Å². The Morgan fingerprint density at radius 2 is 1.45 bits per heavy atom. The summed E-state index contributed by atoms with van der Waals surface area (Å²) in [6.07, 6.45) is 0. The topological polar surface area (TPSA) is 65.9 Å². The summed E-state index contributed by atoms with van der Waals surface area (Å²) in [6, 6.07) is 18.0. The second-order valence-electron chi connectivity index (χ2n) is 9.03. The van der Waals surface area contributed by atoms with Gasteiger partial charge in [0, 0.05) is 52.9 Å². The molecule has 2 aromatic heterocycles. The molecule has 0 aliphatic carbocycles. The van der Waals surface area contributed by atoms with Crippen LogP contribution in [0.25, 0.3) is 32.2 Å². The number of nitrogens with one attached hydrogen (secondary N) is 2. The number of rotatable bonds is 19. The van der Waals surface area contributed by atoms with Crippen LogP contribution in [0.5, 0.6) is 0 Å². The number of hydrogen-bond acceptors (Lipinski definition) is 7. The normalized spacial score (nSPS) is 11.7. The molecular weight excluding hydrogens is 498 g/mol. The molecular formula is C30H41N3O4S. The minimum Gasteiger partial charge on any atom is -0.378 e.